The summed E-state index contributed by atoms with van der Waals surface area (Å²) in [5.41, 5.74) is 9.71. The predicted octanol–water partition coefficient (Wildman–Crippen LogP) is 3.10. The van der Waals surface area contributed by atoms with Gasteiger partial charge in [0.05, 0.1) is 15.9 Å². The van der Waals surface area contributed by atoms with Crippen molar-refractivity contribution >= 4 is 27.3 Å². The molecule has 2 N–H and O–H groups in total. The van der Waals surface area contributed by atoms with Crippen molar-refractivity contribution in [2.75, 3.05) is 0 Å². The van der Waals surface area contributed by atoms with Gasteiger partial charge in [0.25, 0.3) is 0 Å². The molecule has 3 nitrogen and oxygen atoms in total. The largest absolute Gasteiger partial charge is 0.323 e. The Labute approximate surface area is 114 Å². The molecule has 0 aromatic carbocycles. The molecule has 17 heavy (non-hydrogen) atoms. The standard InChI is InChI=1S/C12H16BrN3S/c1-7-4-5-17-12(7)9(14)6-10-11(13)8(2)15-16(10)3/h4-5,9H,6,14H2,1-3H3. The Kier molecular flexibility index (Phi) is 3.70. The van der Waals surface area contributed by atoms with Crippen LogP contribution < -0.4 is 5.73 Å². The summed E-state index contributed by atoms with van der Waals surface area (Å²) >= 11 is 5.30. The van der Waals surface area contributed by atoms with Crippen LogP contribution in [0.4, 0.5) is 0 Å². The van der Waals surface area contributed by atoms with E-state index in [1.165, 1.54) is 10.4 Å². The van der Waals surface area contributed by atoms with Crippen LogP contribution in [0.3, 0.4) is 0 Å². The van der Waals surface area contributed by atoms with Crippen LogP contribution in [0, 0.1) is 13.8 Å². The molecule has 0 spiro atoms. The normalized spacial score (nSPS) is 13.0. The van der Waals surface area contributed by atoms with Gasteiger partial charge in [-0.3, -0.25) is 4.68 Å². The molecule has 0 aliphatic heterocycles. The van der Waals surface area contributed by atoms with Crippen LogP contribution in [0.5, 0.6) is 0 Å². The third-order valence-electron chi connectivity index (χ3n) is 2.91. The molecule has 1 atom stereocenters. The molecule has 2 aromatic heterocycles. The zero-order valence-corrected chi connectivity index (χ0v) is 12.6. The second-order valence-corrected chi connectivity index (χ2v) is 5.99. The van der Waals surface area contributed by atoms with E-state index in [-0.39, 0.29) is 6.04 Å². The Bertz CT molecular complexity index is 530. The second-order valence-electron chi connectivity index (χ2n) is 4.25. The van der Waals surface area contributed by atoms with E-state index in [1.54, 1.807) is 11.3 Å². The molecule has 0 amide bonds. The molecular weight excluding hydrogens is 298 g/mol. The maximum absolute atomic E-state index is 6.27. The van der Waals surface area contributed by atoms with Crippen LogP contribution >= 0.6 is 27.3 Å². The highest BCUT2D eigenvalue weighted by Crippen LogP contribution is 2.28. The first-order valence-corrected chi connectivity index (χ1v) is 7.15. The van der Waals surface area contributed by atoms with Gasteiger partial charge in [0.1, 0.15) is 0 Å². The van der Waals surface area contributed by atoms with Crippen molar-refractivity contribution in [2.24, 2.45) is 12.8 Å². The summed E-state index contributed by atoms with van der Waals surface area (Å²) in [5, 5.41) is 6.48. The Balaban J connectivity index is 2.24. The van der Waals surface area contributed by atoms with Crippen LogP contribution in [0.2, 0.25) is 0 Å². The SMILES string of the molecule is Cc1ccsc1C(N)Cc1c(Br)c(C)nn1C. The fourth-order valence-electron chi connectivity index (χ4n) is 1.97. The van der Waals surface area contributed by atoms with Gasteiger partial charge in [-0.1, -0.05) is 0 Å². The number of hydrogen-bond donors (Lipinski definition) is 1. The fraction of sp³-hybridized carbons (Fsp3) is 0.417. The lowest BCUT2D eigenvalue weighted by Crippen LogP contribution is -2.15. The van der Waals surface area contributed by atoms with E-state index in [0.29, 0.717) is 0 Å². The average Bonchev–Trinajstić information content (AvgIpc) is 2.78. The molecule has 2 aromatic rings. The smallest absolute Gasteiger partial charge is 0.0738 e. The number of nitrogens with zero attached hydrogens (tertiary/aromatic N) is 2. The number of hydrogen-bond acceptors (Lipinski definition) is 3. The third-order valence-corrected chi connectivity index (χ3v) is 5.10. The Morgan fingerprint density at radius 1 is 1.53 bits per heavy atom. The first kappa shape index (κ1) is 12.8. The monoisotopic (exact) mass is 313 g/mol. The van der Waals surface area contributed by atoms with Crippen molar-refractivity contribution in [3.8, 4) is 0 Å². The molecule has 1 unspecified atom stereocenters. The van der Waals surface area contributed by atoms with Gasteiger partial charge < -0.3 is 5.73 Å². The lowest BCUT2D eigenvalue weighted by molar-refractivity contribution is 0.642. The van der Waals surface area contributed by atoms with E-state index >= 15 is 0 Å². The number of thiophene rings is 1. The lowest BCUT2D eigenvalue weighted by Gasteiger charge is -2.11. The van der Waals surface area contributed by atoms with E-state index in [9.17, 15) is 0 Å². The molecule has 0 radical (unpaired) electrons. The highest BCUT2D eigenvalue weighted by Gasteiger charge is 2.17. The Morgan fingerprint density at radius 2 is 2.24 bits per heavy atom. The molecule has 0 saturated carbocycles. The maximum Gasteiger partial charge on any atom is 0.0738 e. The lowest BCUT2D eigenvalue weighted by atomic mass is 10.1. The van der Waals surface area contributed by atoms with Crippen LogP contribution in [0.25, 0.3) is 0 Å². The average molecular weight is 314 g/mol. The predicted molar refractivity (Wildman–Crippen MR) is 75.3 cm³/mol. The molecule has 0 aliphatic rings. The summed E-state index contributed by atoms with van der Waals surface area (Å²) in [4.78, 5) is 1.26. The molecule has 2 rings (SSSR count). The van der Waals surface area contributed by atoms with Gasteiger partial charge in [-0.2, -0.15) is 5.10 Å². The van der Waals surface area contributed by atoms with Crippen molar-refractivity contribution in [1.82, 2.24) is 9.78 Å². The van der Waals surface area contributed by atoms with Crippen molar-refractivity contribution < 1.29 is 0 Å². The van der Waals surface area contributed by atoms with Crippen molar-refractivity contribution in [3.05, 3.63) is 37.7 Å². The molecule has 5 heteroatoms. The minimum absolute atomic E-state index is 0.0427. The maximum atomic E-state index is 6.27. The summed E-state index contributed by atoms with van der Waals surface area (Å²) < 4.78 is 2.98. The summed E-state index contributed by atoms with van der Waals surface area (Å²) in [6.07, 6.45) is 0.805. The first-order valence-electron chi connectivity index (χ1n) is 5.48. The summed E-state index contributed by atoms with van der Waals surface area (Å²) in [5.74, 6) is 0. The first-order chi connectivity index (χ1) is 8.00. The molecule has 0 fully saturated rings. The molecular formula is C12H16BrN3S. The Hall–Kier alpha value is -0.650. The van der Waals surface area contributed by atoms with Crippen LogP contribution in [-0.4, -0.2) is 9.78 Å². The van der Waals surface area contributed by atoms with E-state index in [1.807, 2.05) is 18.7 Å². The van der Waals surface area contributed by atoms with E-state index < -0.39 is 0 Å². The zero-order valence-electron chi connectivity index (χ0n) is 10.2. The molecule has 0 saturated heterocycles. The topological polar surface area (TPSA) is 43.8 Å². The number of aryl methyl sites for hydroxylation is 3. The zero-order chi connectivity index (χ0) is 12.6. The minimum Gasteiger partial charge on any atom is -0.323 e. The molecule has 0 aliphatic carbocycles. The number of halogens is 1. The number of nitrogens with two attached hydrogens (primary N) is 1. The van der Waals surface area contributed by atoms with Gasteiger partial charge in [-0.25, -0.2) is 0 Å². The van der Waals surface area contributed by atoms with Crippen LogP contribution in [-0.2, 0) is 13.5 Å². The van der Waals surface area contributed by atoms with Gasteiger partial charge in [-0.05, 0) is 46.8 Å². The van der Waals surface area contributed by atoms with Crippen molar-refractivity contribution in [3.63, 3.8) is 0 Å². The van der Waals surface area contributed by atoms with Gasteiger partial charge in [0, 0.05) is 24.4 Å². The van der Waals surface area contributed by atoms with Gasteiger partial charge in [-0.15, -0.1) is 11.3 Å². The second kappa shape index (κ2) is 4.92. The number of aromatic nitrogens is 2. The van der Waals surface area contributed by atoms with E-state index in [2.05, 4.69) is 39.4 Å². The molecule has 2 heterocycles. The molecule has 0 bridgehead atoms. The third kappa shape index (κ3) is 2.46. The van der Waals surface area contributed by atoms with Gasteiger partial charge in [0.2, 0.25) is 0 Å². The van der Waals surface area contributed by atoms with Crippen molar-refractivity contribution in [1.29, 1.82) is 0 Å². The molecule has 92 valence electrons. The van der Waals surface area contributed by atoms with Gasteiger partial charge >= 0.3 is 0 Å². The summed E-state index contributed by atoms with van der Waals surface area (Å²) in [6, 6.07) is 2.16. The summed E-state index contributed by atoms with van der Waals surface area (Å²) in [7, 11) is 1.96. The van der Waals surface area contributed by atoms with E-state index in [4.69, 9.17) is 5.73 Å². The highest BCUT2D eigenvalue weighted by molar-refractivity contribution is 9.10. The summed E-state index contributed by atoms with van der Waals surface area (Å²) in [6.45, 7) is 4.10. The van der Waals surface area contributed by atoms with Crippen LogP contribution in [0.15, 0.2) is 15.9 Å². The van der Waals surface area contributed by atoms with Crippen LogP contribution in [0.1, 0.15) is 27.9 Å². The number of rotatable bonds is 3. The van der Waals surface area contributed by atoms with Crippen molar-refractivity contribution in [2.45, 2.75) is 26.3 Å². The quantitative estimate of drug-likeness (QED) is 0.946. The van der Waals surface area contributed by atoms with Gasteiger partial charge in [0.15, 0.2) is 0 Å². The highest BCUT2D eigenvalue weighted by atomic mass is 79.9. The van der Waals surface area contributed by atoms with E-state index in [0.717, 1.165) is 22.3 Å². The minimum atomic E-state index is 0.0427. The Morgan fingerprint density at radius 3 is 2.71 bits per heavy atom. The fourth-order valence-corrected chi connectivity index (χ4v) is 3.40.